The number of pyridine rings is 1. The third-order valence-corrected chi connectivity index (χ3v) is 3.19. The molecule has 2 aromatic heterocycles. The second-order valence-corrected chi connectivity index (χ2v) is 4.66. The molecule has 3 aromatic rings. The molecule has 1 N–H and O–H groups in total. The Morgan fingerprint density at radius 1 is 1.16 bits per heavy atom. The Balaban J connectivity index is 2.04. The monoisotopic (exact) mass is 317 g/mol. The highest BCUT2D eigenvalue weighted by Crippen LogP contribution is 2.31. The molecule has 94 valence electrons. The zero-order chi connectivity index (χ0) is 13.2. The maximum absolute atomic E-state index is 9.50. The Morgan fingerprint density at radius 2 is 2.05 bits per heavy atom. The highest BCUT2D eigenvalue weighted by Gasteiger charge is 2.14. The average Bonchev–Trinajstić information content (AvgIpc) is 2.92. The third kappa shape index (κ3) is 2.34. The number of aromatic nitrogens is 3. The van der Waals surface area contributed by atoms with E-state index in [9.17, 15) is 5.11 Å². The van der Waals surface area contributed by atoms with E-state index in [0.29, 0.717) is 23.0 Å². The van der Waals surface area contributed by atoms with Crippen molar-refractivity contribution in [2.75, 3.05) is 0 Å². The van der Waals surface area contributed by atoms with Crippen LogP contribution in [0.25, 0.3) is 23.0 Å². The summed E-state index contributed by atoms with van der Waals surface area (Å²) in [7, 11) is 0. The lowest BCUT2D eigenvalue weighted by Crippen LogP contribution is -1.84. The summed E-state index contributed by atoms with van der Waals surface area (Å²) in [4.78, 5) is 8.42. The molecule has 0 radical (unpaired) electrons. The van der Waals surface area contributed by atoms with E-state index in [2.05, 4.69) is 31.1 Å². The first-order valence-electron chi connectivity index (χ1n) is 5.48. The van der Waals surface area contributed by atoms with Crippen LogP contribution in [0.3, 0.4) is 0 Å². The van der Waals surface area contributed by atoms with Crippen LogP contribution in [0.15, 0.2) is 51.6 Å². The van der Waals surface area contributed by atoms with Gasteiger partial charge in [-0.05, 0) is 46.3 Å². The first-order valence-corrected chi connectivity index (χ1v) is 6.27. The Hall–Kier alpha value is -2.21. The van der Waals surface area contributed by atoms with Crippen LogP contribution < -0.4 is 0 Å². The minimum absolute atomic E-state index is 0.135. The number of aromatic hydroxyl groups is 1. The topological polar surface area (TPSA) is 72.0 Å². The molecule has 0 spiro atoms. The molecule has 3 rings (SSSR count). The molecule has 0 fully saturated rings. The van der Waals surface area contributed by atoms with E-state index in [1.807, 2.05) is 12.1 Å². The fourth-order valence-corrected chi connectivity index (χ4v) is 2.03. The van der Waals surface area contributed by atoms with Crippen LogP contribution in [-0.2, 0) is 0 Å². The molecule has 0 aliphatic rings. The molecular formula is C13H8BrN3O2. The van der Waals surface area contributed by atoms with Gasteiger partial charge in [0.2, 0.25) is 5.82 Å². The predicted octanol–water partition coefficient (Wildman–Crippen LogP) is 3.27. The molecule has 0 aliphatic carbocycles. The van der Waals surface area contributed by atoms with Crippen LogP contribution >= 0.6 is 15.9 Å². The van der Waals surface area contributed by atoms with Gasteiger partial charge in [0.15, 0.2) is 0 Å². The highest BCUT2D eigenvalue weighted by molar-refractivity contribution is 9.10. The normalized spacial score (nSPS) is 10.6. The van der Waals surface area contributed by atoms with E-state index in [0.717, 1.165) is 4.47 Å². The van der Waals surface area contributed by atoms with Gasteiger partial charge in [-0.15, -0.1) is 0 Å². The standard InChI is InChI=1S/C13H8BrN3O2/c14-10-5-4-8(18)7-9(10)13-16-12(17-19-13)11-3-1-2-6-15-11/h1-7,18H. The smallest absolute Gasteiger partial charge is 0.259 e. The maximum atomic E-state index is 9.50. The second-order valence-electron chi connectivity index (χ2n) is 3.80. The molecule has 0 bridgehead atoms. The Morgan fingerprint density at radius 3 is 2.84 bits per heavy atom. The second kappa shape index (κ2) is 4.81. The third-order valence-electron chi connectivity index (χ3n) is 2.50. The molecule has 19 heavy (non-hydrogen) atoms. The summed E-state index contributed by atoms with van der Waals surface area (Å²) in [6, 6.07) is 10.3. The zero-order valence-corrected chi connectivity index (χ0v) is 11.2. The fourth-order valence-electron chi connectivity index (χ4n) is 1.61. The molecule has 0 amide bonds. The first-order chi connectivity index (χ1) is 9.24. The van der Waals surface area contributed by atoms with Crippen molar-refractivity contribution in [2.24, 2.45) is 0 Å². The minimum atomic E-state index is 0.135. The van der Waals surface area contributed by atoms with Crippen molar-refractivity contribution in [3.63, 3.8) is 0 Å². The summed E-state index contributed by atoms with van der Waals surface area (Å²) < 4.78 is 5.96. The largest absolute Gasteiger partial charge is 0.508 e. The number of rotatable bonds is 2. The molecule has 0 unspecified atom stereocenters. The van der Waals surface area contributed by atoms with Crippen molar-refractivity contribution in [2.45, 2.75) is 0 Å². The van der Waals surface area contributed by atoms with Crippen LogP contribution in [0.4, 0.5) is 0 Å². The number of benzene rings is 1. The van der Waals surface area contributed by atoms with Gasteiger partial charge in [-0.25, -0.2) is 0 Å². The van der Waals surface area contributed by atoms with Crippen molar-refractivity contribution in [3.05, 3.63) is 47.1 Å². The van der Waals surface area contributed by atoms with E-state index in [1.54, 1.807) is 30.5 Å². The van der Waals surface area contributed by atoms with Crippen molar-refractivity contribution in [3.8, 4) is 28.7 Å². The van der Waals surface area contributed by atoms with E-state index < -0.39 is 0 Å². The van der Waals surface area contributed by atoms with Crippen LogP contribution in [0.5, 0.6) is 5.75 Å². The van der Waals surface area contributed by atoms with E-state index in [-0.39, 0.29) is 5.75 Å². The number of nitrogens with zero attached hydrogens (tertiary/aromatic N) is 3. The van der Waals surface area contributed by atoms with E-state index >= 15 is 0 Å². The summed E-state index contributed by atoms with van der Waals surface area (Å²) in [5.41, 5.74) is 1.27. The number of phenols is 1. The molecule has 1 aromatic carbocycles. The molecular weight excluding hydrogens is 310 g/mol. The quantitative estimate of drug-likeness (QED) is 0.785. The molecule has 0 atom stereocenters. The van der Waals surface area contributed by atoms with Gasteiger partial charge in [0, 0.05) is 10.7 Å². The summed E-state index contributed by atoms with van der Waals surface area (Å²) in [5, 5.41) is 13.4. The van der Waals surface area contributed by atoms with Crippen LogP contribution in [0, 0.1) is 0 Å². The number of halogens is 1. The van der Waals surface area contributed by atoms with Gasteiger partial charge >= 0.3 is 0 Å². The molecule has 5 nitrogen and oxygen atoms in total. The number of hydrogen-bond donors (Lipinski definition) is 1. The molecule has 0 saturated heterocycles. The first kappa shape index (κ1) is 11.9. The maximum Gasteiger partial charge on any atom is 0.259 e. The lowest BCUT2D eigenvalue weighted by Gasteiger charge is -1.99. The van der Waals surface area contributed by atoms with Gasteiger partial charge in [0.25, 0.3) is 5.89 Å². The summed E-state index contributed by atoms with van der Waals surface area (Å²) in [6.07, 6.45) is 1.66. The predicted molar refractivity (Wildman–Crippen MR) is 72.3 cm³/mol. The van der Waals surface area contributed by atoms with Crippen LogP contribution in [0.1, 0.15) is 0 Å². The number of hydrogen-bond acceptors (Lipinski definition) is 5. The van der Waals surface area contributed by atoms with Crippen molar-refractivity contribution < 1.29 is 9.63 Å². The van der Waals surface area contributed by atoms with Crippen molar-refractivity contribution in [1.82, 2.24) is 15.1 Å². The summed E-state index contributed by atoms with van der Waals surface area (Å²) in [5.74, 6) is 0.866. The van der Waals surface area contributed by atoms with Gasteiger partial charge in [0.1, 0.15) is 11.4 Å². The van der Waals surface area contributed by atoms with Gasteiger partial charge < -0.3 is 9.63 Å². The van der Waals surface area contributed by atoms with Gasteiger partial charge in [0.05, 0.1) is 5.56 Å². The molecule has 0 saturated carbocycles. The summed E-state index contributed by atoms with van der Waals surface area (Å²) in [6.45, 7) is 0. The average molecular weight is 318 g/mol. The van der Waals surface area contributed by atoms with Crippen LogP contribution in [-0.4, -0.2) is 20.2 Å². The number of phenolic OH excluding ortho intramolecular Hbond substituents is 1. The lowest BCUT2D eigenvalue weighted by atomic mass is 10.2. The highest BCUT2D eigenvalue weighted by atomic mass is 79.9. The van der Waals surface area contributed by atoms with E-state index in [4.69, 9.17) is 4.52 Å². The van der Waals surface area contributed by atoms with Crippen molar-refractivity contribution in [1.29, 1.82) is 0 Å². The van der Waals surface area contributed by atoms with Gasteiger partial charge in [-0.2, -0.15) is 4.98 Å². The Bertz CT molecular complexity index is 713. The minimum Gasteiger partial charge on any atom is -0.508 e. The van der Waals surface area contributed by atoms with Gasteiger partial charge in [-0.3, -0.25) is 4.98 Å². The Labute approximate surface area is 117 Å². The molecule has 6 heteroatoms. The van der Waals surface area contributed by atoms with E-state index in [1.165, 1.54) is 0 Å². The summed E-state index contributed by atoms with van der Waals surface area (Å²) >= 11 is 3.38. The fraction of sp³-hybridized carbons (Fsp3) is 0. The Kier molecular flexibility index (Phi) is 3.00. The van der Waals surface area contributed by atoms with Crippen LogP contribution in [0.2, 0.25) is 0 Å². The van der Waals surface area contributed by atoms with Gasteiger partial charge in [-0.1, -0.05) is 11.2 Å². The SMILES string of the molecule is Oc1ccc(Br)c(-c2nc(-c3ccccn3)no2)c1. The van der Waals surface area contributed by atoms with Crippen molar-refractivity contribution >= 4 is 15.9 Å². The molecule has 0 aliphatic heterocycles. The zero-order valence-electron chi connectivity index (χ0n) is 9.62. The molecule has 2 heterocycles. The lowest BCUT2D eigenvalue weighted by molar-refractivity contribution is 0.431.